The fourth-order valence-corrected chi connectivity index (χ4v) is 1.78. The van der Waals surface area contributed by atoms with E-state index >= 15 is 0 Å². The van der Waals surface area contributed by atoms with Crippen LogP contribution in [0.4, 0.5) is 15.8 Å². The van der Waals surface area contributed by atoms with Gasteiger partial charge in [0.1, 0.15) is 11.5 Å². The van der Waals surface area contributed by atoms with Gasteiger partial charge in [-0.2, -0.15) is 5.26 Å². The molecule has 0 saturated carbocycles. The normalized spacial score (nSPS) is 9.80. The van der Waals surface area contributed by atoms with Gasteiger partial charge in [-0.25, -0.2) is 4.39 Å². The first-order valence-corrected chi connectivity index (χ1v) is 5.77. The molecule has 0 aromatic heterocycles. The molecule has 0 bridgehead atoms. The Kier molecular flexibility index (Phi) is 3.91. The minimum atomic E-state index is -0.667. The first-order valence-electron chi connectivity index (χ1n) is 5.77. The zero-order chi connectivity index (χ0) is 14.5. The molecule has 0 atom stereocenters. The third kappa shape index (κ3) is 2.90. The lowest BCUT2D eigenvalue weighted by molar-refractivity contribution is -0.384. The molecule has 2 aromatic rings. The van der Waals surface area contributed by atoms with Crippen LogP contribution in [0.25, 0.3) is 0 Å². The van der Waals surface area contributed by atoms with Gasteiger partial charge in [0.25, 0.3) is 5.69 Å². The summed E-state index contributed by atoms with van der Waals surface area (Å²) in [7, 11) is 0. The molecule has 0 unspecified atom stereocenters. The van der Waals surface area contributed by atoms with Crippen molar-refractivity contribution >= 4 is 11.4 Å². The number of anilines is 1. The summed E-state index contributed by atoms with van der Waals surface area (Å²) in [4.78, 5) is 10.2. The smallest absolute Gasteiger partial charge is 0.295 e. The van der Waals surface area contributed by atoms with Crippen molar-refractivity contribution < 1.29 is 9.31 Å². The highest BCUT2D eigenvalue weighted by Gasteiger charge is 2.14. The number of benzene rings is 2. The summed E-state index contributed by atoms with van der Waals surface area (Å²) < 4.78 is 13.0. The zero-order valence-electron chi connectivity index (χ0n) is 10.3. The Morgan fingerprint density at radius 2 is 2.05 bits per heavy atom. The Hall–Kier alpha value is -2.94. The molecule has 0 aliphatic heterocycles. The number of halogens is 1. The van der Waals surface area contributed by atoms with Crippen molar-refractivity contribution in [3.63, 3.8) is 0 Å². The number of hydrogen-bond donors (Lipinski definition) is 1. The van der Waals surface area contributed by atoms with Crippen LogP contribution in [0.2, 0.25) is 0 Å². The van der Waals surface area contributed by atoms with Crippen LogP contribution < -0.4 is 5.32 Å². The minimum Gasteiger partial charge on any atom is -0.375 e. The summed E-state index contributed by atoms with van der Waals surface area (Å²) in [5.74, 6) is -0.667. The van der Waals surface area contributed by atoms with Gasteiger partial charge in [0.15, 0.2) is 0 Å². The van der Waals surface area contributed by atoms with Crippen molar-refractivity contribution in [1.29, 1.82) is 5.26 Å². The summed E-state index contributed by atoms with van der Waals surface area (Å²) in [5, 5.41) is 22.7. The van der Waals surface area contributed by atoms with Gasteiger partial charge >= 0.3 is 0 Å². The second-order valence-corrected chi connectivity index (χ2v) is 4.04. The van der Waals surface area contributed by atoms with Gasteiger partial charge in [0, 0.05) is 6.54 Å². The van der Waals surface area contributed by atoms with Gasteiger partial charge in [0.05, 0.1) is 22.6 Å². The van der Waals surface area contributed by atoms with Gasteiger partial charge in [-0.3, -0.25) is 10.1 Å². The number of nitrogens with one attached hydrogen (secondary N) is 1. The van der Waals surface area contributed by atoms with Crippen LogP contribution >= 0.6 is 0 Å². The summed E-state index contributed by atoms with van der Waals surface area (Å²) in [6.07, 6.45) is 0. The summed E-state index contributed by atoms with van der Waals surface area (Å²) in [5.41, 5.74) is 1.09. The van der Waals surface area contributed by atoms with Crippen molar-refractivity contribution in [2.75, 3.05) is 5.32 Å². The number of nitro benzene ring substituents is 1. The lowest BCUT2D eigenvalue weighted by Gasteiger charge is -2.08. The molecule has 100 valence electrons. The second-order valence-electron chi connectivity index (χ2n) is 4.04. The van der Waals surface area contributed by atoms with Crippen molar-refractivity contribution in [2.45, 2.75) is 6.54 Å². The van der Waals surface area contributed by atoms with Crippen LogP contribution in [-0.2, 0) is 6.54 Å². The van der Waals surface area contributed by atoms with E-state index in [1.807, 2.05) is 6.07 Å². The molecule has 0 heterocycles. The molecule has 1 N–H and O–H groups in total. The molecular weight excluding hydrogens is 261 g/mol. The highest BCUT2D eigenvalue weighted by atomic mass is 19.1. The maximum atomic E-state index is 13.0. The van der Waals surface area contributed by atoms with Crippen LogP contribution in [-0.4, -0.2) is 4.92 Å². The lowest BCUT2D eigenvalue weighted by Crippen LogP contribution is -2.04. The molecule has 2 rings (SSSR count). The quantitative estimate of drug-likeness (QED) is 0.684. The third-order valence-electron chi connectivity index (χ3n) is 2.76. The van der Waals surface area contributed by atoms with Crippen LogP contribution in [0, 0.1) is 27.3 Å². The third-order valence-corrected chi connectivity index (χ3v) is 2.76. The van der Waals surface area contributed by atoms with Gasteiger partial charge in [-0.15, -0.1) is 0 Å². The van der Waals surface area contributed by atoms with E-state index in [4.69, 9.17) is 5.26 Å². The predicted molar refractivity (Wildman–Crippen MR) is 71.5 cm³/mol. The molecule has 0 saturated heterocycles. The molecule has 0 amide bonds. The summed E-state index contributed by atoms with van der Waals surface area (Å²) >= 11 is 0. The summed E-state index contributed by atoms with van der Waals surface area (Å²) in [6, 6.07) is 12.3. The number of nitrogens with zero attached hydrogens (tertiary/aromatic N) is 2. The number of nitriles is 1. The molecule has 0 aliphatic carbocycles. The summed E-state index contributed by atoms with van der Waals surface area (Å²) in [6.45, 7) is 0.246. The highest BCUT2D eigenvalue weighted by molar-refractivity contribution is 5.61. The SMILES string of the molecule is N#Cc1ccccc1CNc1ccc(F)cc1[N+](=O)[O-]. The maximum absolute atomic E-state index is 13.0. The highest BCUT2D eigenvalue weighted by Crippen LogP contribution is 2.25. The topological polar surface area (TPSA) is 79.0 Å². The van der Waals surface area contributed by atoms with E-state index in [0.717, 1.165) is 12.1 Å². The van der Waals surface area contributed by atoms with Crippen LogP contribution in [0.3, 0.4) is 0 Å². The molecule has 6 heteroatoms. The van der Waals surface area contributed by atoms with Gasteiger partial charge < -0.3 is 5.32 Å². The molecule has 0 aliphatic rings. The Morgan fingerprint density at radius 1 is 1.30 bits per heavy atom. The number of nitro groups is 1. The Morgan fingerprint density at radius 3 is 2.75 bits per heavy atom. The second kappa shape index (κ2) is 5.80. The molecule has 0 radical (unpaired) electrons. The van der Waals surface area contributed by atoms with Crippen LogP contribution in [0.15, 0.2) is 42.5 Å². The van der Waals surface area contributed by atoms with Crippen molar-refractivity contribution in [1.82, 2.24) is 0 Å². The van der Waals surface area contributed by atoms with E-state index in [-0.39, 0.29) is 17.9 Å². The van der Waals surface area contributed by atoms with E-state index in [2.05, 4.69) is 5.32 Å². The van der Waals surface area contributed by atoms with E-state index in [9.17, 15) is 14.5 Å². The average molecular weight is 271 g/mol. The average Bonchev–Trinajstić information content (AvgIpc) is 2.46. The zero-order valence-corrected chi connectivity index (χ0v) is 10.3. The first-order chi connectivity index (χ1) is 9.61. The Bertz CT molecular complexity index is 695. The fraction of sp³-hybridized carbons (Fsp3) is 0.0714. The molecule has 5 nitrogen and oxygen atoms in total. The minimum absolute atomic E-state index is 0.212. The Labute approximate surface area is 114 Å². The van der Waals surface area contributed by atoms with Gasteiger partial charge in [-0.1, -0.05) is 18.2 Å². The van der Waals surface area contributed by atoms with E-state index in [0.29, 0.717) is 11.1 Å². The van der Waals surface area contributed by atoms with Crippen LogP contribution in [0.1, 0.15) is 11.1 Å². The molecule has 0 fully saturated rings. The molecule has 0 spiro atoms. The monoisotopic (exact) mass is 271 g/mol. The van der Waals surface area contributed by atoms with E-state index in [1.54, 1.807) is 24.3 Å². The molecule has 20 heavy (non-hydrogen) atoms. The Balaban J connectivity index is 2.24. The number of hydrogen-bond acceptors (Lipinski definition) is 4. The van der Waals surface area contributed by atoms with E-state index < -0.39 is 10.7 Å². The number of rotatable bonds is 4. The fourth-order valence-electron chi connectivity index (χ4n) is 1.78. The lowest BCUT2D eigenvalue weighted by atomic mass is 10.1. The first kappa shape index (κ1) is 13.5. The van der Waals surface area contributed by atoms with Crippen molar-refractivity contribution in [2.24, 2.45) is 0 Å². The predicted octanol–water partition coefficient (Wildman–Crippen LogP) is 3.22. The van der Waals surface area contributed by atoms with Gasteiger partial charge in [0.2, 0.25) is 0 Å². The van der Waals surface area contributed by atoms with Crippen molar-refractivity contribution in [3.05, 3.63) is 69.5 Å². The largest absolute Gasteiger partial charge is 0.375 e. The molecular formula is C14H10FN3O2. The van der Waals surface area contributed by atoms with E-state index in [1.165, 1.54) is 6.07 Å². The van der Waals surface area contributed by atoms with Gasteiger partial charge in [-0.05, 0) is 23.8 Å². The van der Waals surface area contributed by atoms with Crippen LogP contribution in [0.5, 0.6) is 0 Å². The molecule has 2 aromatic carbocycles. The van der Waals surface area contributed by atoms with Crippen molar-refractivity contribution in [3.8, 4) is 6.07 Å². The maximum Gasteiger partial charge on any atom is 0.295 e. The standard InChI is InChI=1S/C14H10FN3O2/c15-12-5-6-13(14(7-12)18(19)20)17-9-11-4-2-1-3-10(11)8-16/h1-7,17H,9H2.